The summed E-state index contributed by atoms with van der Waals surface area (Å²) in [5.41, 5.74) is 1.33. The first kappa shape index (κ1) is 13.5. The first-order valence-corrected chi connectivity index (χ1v) is 5.18. The van der Waals surface area contributed by atoms with Crippen LogP contribution in [-0.4, -0.2) is 12.1 Å². The van der Waals surface area contributed by atoms with Crippen LogP contribution in [0.2, 0.25) is 0 Å². The smallest absolute Gasteiger partial charge is 0.349 e. The zero-order chi connectivity index (χ0) is 13.1. The molecule has 0 aliphatic rings. The molecule has 0 fully saturated rings. The van der Waals surface area contributed by atoms with Crippen molar-refractivity contribution in [1.82, 2.24) is 5.32 Å². The molecule has 0 saturated carbocycles. The van der Waals surface area contributed by atoms with Crippen LogP contribution in [0, 0.1) is 6.92 Å². The van der Waals surface area contributed by atoms with E-state index in [4.69, 9.17) is 0 Å². The molecule has 5 heteroatoms. The summed E-state index contributed by atoms with van der Waals surface area (Å²) in [5, 5.41) is 2.32. The van der Waals surface area contributed by atoms with Gasteiger partial charge >= 0.3 is 6.18 Å². The standard InChI is InChI=1S/C12H14F3NO/c1-8-4-3-5-10(6-8)11(16-9(2)17)7-12(13,14)15/h3-6,11H,7H2,1-2H3,(H,16,17)/t11-/m1/s1. The van der Waals surface area contributed by atoms with Gasteiger partial charge in [-0.25, -0.2) is 0 Å². The first-order valence-electron chi connectivity index (χ1n) is 5.18. The van der Waals surface area contributed by atoms with Crippen molar-refractivity contribution >= 4 is 5.91 Å². The highest BCUT2D eigenvalue weighted by Gasteiger charge is 2.33. The van der Waals surface area contributed by atoms with E-state index < -0.39 is 24.5 Å². The maximum atomic E-state index is 12.4. The van der Waals surface area contributed by atoms with Gasteiger partial charge in [-0.3, -0.25) is 4.79 Å². The highest BCUT2D eigenvalue weighted by atomic mass is 19.4. The Kier molecular flexibility index (Phi) is 4.15. The number of nitrogens with one attached hydrogen (secondary N) is 1. The van der Waals surface area contributed by atoms with Gasteiger partial charge in [-0.2, -0.15) is 13.2 Å². The second kappa shape index (κ2) is 5.21. The molecule has 1 rings (SSSR count). The van der Waals surface area contributed by atoms with Crippen LogP contribution in [0.5, 0.6) is 0 Å². The van der Waals surface area contributed by atoms with Gasteiger partial charge in [-0.15, -0.1) is 0 Å². The normalized spacial score (nSPS) is 13.2. The van der Waals surface area contributed by atoms with Crippen molar-refractivity contribution in [1.29, 1.82) is 0 Å². The van der Waals surface area contributed by atoms with E-state index in [0.717, 1.165) is 5.56 Å². The van der Waals surface area contributed by atoms with Crippen LogP contribution in [0.25, 0.3) is 0 Å². The number of hydrogen-bond donors (Lipinski definition) is 1. The minimum absolute atomic E-state index is 0.470. The van der Waals surface area contributed by atoms with Gasteiger partial charge in [0.05, 0.1) is 12.5 Å². The summed E-state index contributed by atoms with van der Waals surface area (Å²) in [6.45, 7) is 3.00. The van der Waals surface area contributed by atoms with E-state index in [-0.39, 0.29) is 0 Å². The van der Waals surface area contributed by atoms with Gasteiger partial charge in [-0.1, -0.05) is 29.8 Å². The van der Waals surface area contributed by atoms with Crippen molar-refractivity contribution in [3.63, 3.8) is 0 Å². The Labute approximate surface area is 97.8 Å². The first-order chi connectivity index (χ1) is 7.78. The predicted octanol–water partition coefficient (Wildman–Crippen LogP) is 3.12. The van der Waals surface area contributed by atoms with Crippen molar-refractivity contribution in [2.75, 3.05) is 0 Å². The van der Waals surface area contributed by atoms with Gasteiger partial charge in [0.2, 0.25) is 5.91 Å². The third-order valence-electron chi connectivity index (χ3n) is 2.26. The third-order valence-corrected chi connectivity index (χ3v) is 2.26. The molecule has 2 nitrogen and oxygen atoms in total. The van der Waals surface area contributed by atoms with Gasteiger partial charge < -0.3 is 5.32 Å². The van der Waals surface area contributed by atoms with Crippen molar-refractivity contribution in [3.05, 3.63) is 35.4 Å². The summed E-state index contributed by atoms with van der Waals surface area (Å²) in [4.78, 5) is 10.9. The fourth-order valence-electron chi connectivity index (χ4n) is 1.62. The molecule has 1 atom stereocenters. The van der Waals surface area contributed by atoms with Crippen LogP contribution in [0.15, 0.2) is 24.3 Å². The van der Waals surface area contributed by atoms with E-state index >= 15 is 0 Å². The number of amides is 1. The number of alkyl halides is 3. The fraction of sp³-hybridized carbons (Fsp3) is 0.417. The summed E-state index contributed by atoms with van der Waals surface area (Å²) in [6.07, 6.45) is -5.37. The zero-order valence-electron chi connectivity index (χ0n) is 9.64. The molecule has 0 heterocycles. The molecule has 0 saturated heterocycles. The summed E-state index contributed by atoms with van der Waals surface area (Å²) in [5.74, 6) is -0.472. The fourth-order valence-corrected chi connectivity index (χ4v) is 1.62. The van der Waals surface area contributed by atoms with Gasteiger partial charge in [0.15, 0.2) is 0 Å². The van der Waals surface area contributed by atoms with E-state index in [9.17, 15) is 18.0 Å². The Morgan fingerprint density at radius 1 is 1.41 bits per heavy atom. The average molecular weight is 245 g/mol. The van der Waals surface area contributed by atoms with Crippen molar-refractivity contribution in [2.24, 2.45) is 0 Å². The summed E-state index contributed by atoms with van der Waals surface area (Å²) >= 11 is 0. The number of carbonyl (C=O) groups is 1. The lowest BCUT2D eigenvalue weighted by Gasteiger charge is -2.20. The summed E-state index contributed by atoms with van der Waals surface area (Å²) < 4.78 is 37.2. The predicted molar refractivity (Wildman–Crippen MR) is 58.4 cm³/mol. The van der Waals surface area contributed by atoms with E-state index in [1.807, 2.05) is 0 Å². The number of aryl methyl sites for hydroxylation is 1. The molecule has 17 heavy (non-hydrogen) atoms. The van der Waals surface area contributed by atoms with E-state index in [1.54, 1.807) is 31.2 Å². The lowest BCUT2D eigenvalue weighted by atomic mass is 10.0. The third kappa shape index (κ3) is 4.89. The van der Waals surface area contributed by atoms with Gasteiger partial charge in [-0.05, 0) is 12.5 Å². The summed E-state index contributed by atoms with van der Waals surface area (Å²) in [6, 6.07) is 5.68. The molecule has 1 aromatic rings. The lowest BCUT2D eigenvalue weighted by molar-refractivity contribution is -0.142. The van der Waals surface area contributed by atoms with E-state index in [1.165, 1.54) is 6.92 Å². The van der Waals surface area contributed by atoms with Crippen molar-refractivity contribution < 1.29 is 18.0 Å². The highest BCUT2D eigenvalue weighted by molar-refractivity contribution is 5.73. The van der Waals surface area contributed by atoms with Gasteiger partial charge in [0.1, 0.15) is 0 Å². The molecule has 0 bridgehead atoms. The average Bonchev–Trinajstić information content (AvgIpc) is 2.13. The van der Waals surface area contributed by atoms with Gasteiger partial charge in [0, 0.05) is 6.92 Å². The van der Waals surface area contributed by atoms with Crippen LogP contribution >= 0.6 is 0 Å². The molecule has 0 aliphatic heterocycles. The molecular formula is C12H14F3NO. The minimum atomic E-state index is -4.31. The number of carbonyl (C=O) groups excluding carboxylic acids is 1. The van der Waals surface area contributed by atoms with Crippen LogP contribution in [-0.2, 0) is 4.79 Å². The molecule has 1 aromatic carbocycles. The zero-order valence-corrected chi connectivity index (χ0v) is 9.64. The Bertz CT molecular complexity index is 401. The van der Waals surface area contributed by atoms with E-state index in [2.05, 4.69) is 5.32 Å². The second-order valence-corrected chi connectivity index (χ2v) is 3.99. The Hall–Kier alpha value is -1.52. The highest BCUT2D eigenvalue weighted by Crippen LogP contribution is 2.29. The van der Waals surface area contributed by atoms with Crippen LogP contribution in [0.1, 0.15) is 30.5 Å². The summed E-state index contributed by atoms with van der Waals surface area (Å²) in [7, 11) is 0. The molecule has 94 valence electrons. The molecule has 0 aromatic heterocycles. The number of halogens is 3. The maximum Gasteiger partial charge on any atom is 0.391 e. The van der Waals surface area contributed by atoms with Crippen molar-refractivity contribution in [3.8, 4) is 0 Å². The molecule has 0 aliphatic carbocycles. The van der Waals surface area contributed by atoms with Crippen LogP contribution in [0.3, 0.4) is 0 Å². The molecule has 0 spiro atoms. The number of benzene rings is 1. The SMILES string of the molecule is CC(=O)N[C@H](CC(F)(F)F)c1cccc(C)c1. The minimum Gasteiger partial charge on any atom is -0.349 e. The monoisotopic (exact) mass is 245 g/mol. The Morgan fingerprint density at radius 2 is 2.06 bits per heavy atom. The molecule has 0 unspecified atom stereocenters. The maximum absolute atomic E-state index is 12.4. The molecular weight excluding hydrogens is 231 g/mol. The molecule has 1 amide bonds. The largest absolute Gasteiger partial charge is 0.391 e. The Balaban J connectivity index is 2.93. The Morgan fingerprint density at radius 3 is 2.53 bits per heavy atom. The molecule has 0 radical (unpaired) electrons. The topological polar surface area (TPSA) is 29.1 Å². The van der Waals surface area contributed by atoms with E-state index in [0.29, 0.717) is 5.56 Å². The van der Waals surface area contributed by atoms with Crippen molar-refractivity contribution in [2.45, 2.75) is 32.5 Å². The number of rotatable bonds is 3. The molecule has 1 N–H and O–H groups in total. The lowest BCUT2D eigenvalue weighted by Crippen LogP contribution is -2.30. The number of hydrogen-bond acceptors (Lipinski definition) is 1. The van der Waals surface area contributed by atoms with Crippen LogP contribution < -0.4 is 5.32 Å². The van der Waals surface area contributed by atoms with Crippen LogP contribution in [0.4, 0.5) is 13.2 Å². The second-order valence-electron chi connectivity index (χ2n) is 3.99. The quantitative estimate of drug-likeness (QED) is 0.870. The van der Waals surface area contributed by atoms with Gasteiger partial charge in [0.25, 0.3) is 0 Å².